The highest BCUT2D eigenvalue weighted by Gasteiger charge is 1.96. The fourth-order valence-electron chi connectivity index (χ4n) is 1.72. The van der Waals surface area contributed by atoms with Crippen LogP contribution in [0.2, 0.25) is 0 Å². The molecule has 0 N–H and O–H groups in total. The zero-order chi connectivity index (χ0) is 14.2. The highest BCUT2D eigenvalue weighted by molar-refractivity contribution is 5.48. The summed E-state index contributed by atoms with van der Waals surface area (Å²) in [4.78, 5) is 0. The van der Waals surface area contributed by atoms with Crippen molar-refractivity contribution in [3.8, 4) is 11.5 Å². The average molecular weight is 266 g/mol. The van der Waals surface area contributed by atoms with Crippen LogP contribution in [0.25, 0.3) is 12.2 Å². The molecule has 0 atom stereocenters. The van der Waals surface area contributed by atoms with E-state index in [9.17, 15) is 0 Å². The zero-order valence-electron chi connectivity index (χ0n) is 11.4. The molecule has 2 heteroatoms. The first-order chi connectivity index (χ1) is 9.81. The van der Waals surface area contributed by atoms with Gasteiger partial charge in [0.25, 0.3) is 0 Å². The second kappa shape index (κ2) is 7.19. The molecule has 0 aliphatic carbocycles. The number of rotatable bonds is 7. The molecule has 0 amide bonds. The van der Waals surface area contributed by atoms with Gasteiger partial charge in [0, 0.05) is 0 Å². The van der Waals surface area contributed by atoms with Gasteiger partial charge in [-0.05, 0) is 35.4 Å². The van der Waals surface area contributed by atoms with Gasteiger partial charge in [0.1, 0.15) is 24.7 Å². The lowest BCUT2D eigenvalue weighted by Crippen LogP contribution is -2.08. The fraction of sp³-hybridized carbons (Fsp3) is 0.111. The number of benzene rings is 2. The van der Waals surface area contributed by atoms with Gasteiger partial charge in [-0.3, -0.25) is 0 Å². The molecule has 0 radical (unpaired) electrons. The standard InChI is InChI=1S/C18H18O2/c1-3-15-5-9-17(10-6-15)19-13-14-20-18-11-7-16(4-2)8-12-18/h3-12H,1-2,13-14H2. The van der Waals surface area contributed by atoms with Gasteiger partial charge in [0.15, 0.2) is 0 Å². The summed E-state index contributed by atoms with van der Waals surface area (Å²) in [5, 5.41) is 0. The lowest BCUT2D eigenvalue weighted by atomic mass is 10.2. The summed E-state index contributed by atoms with van der Waals surface area (Å²) >= 11 is 0. The number of hydrogen-bond donors (Lipinski definition) is 0. The van der Waals surface area contributed by atoms with E-state index in [0.29, 0.717) is 13.2 Å². The maximum Gasteiger partial charge on any atom is 0.122 e. The Balaban J connectivity index is 1.74. The van der Waals surface area contributed by atoms with Crippen LogP contribution in [0.5, 0.6) is 11.5 Å². The van der Waals surface area contributed by atoms with E-state index in [0.717, 1.165) is 22.6 Å². The molecule has 2 aromatic rings. The SMILES string of the molecule is C=Cc1ccc(OCCOc2ccc(C=C)cc2)cc1. The summed E-state index contributed by atoms with van der Waals surface area (Å²) in [6.45, 7) is 8.45. The molecule has 0 spiro atoms. The topological polar surface area (TPSA) is 18.5 Å². The van der Waals surface area contributed by atoms with E-state index in [1.807, 2.05) is 48.5 Å². The Morgan fingerprint density at radius 2 is 1.00 bits per heavy atom. The highest BCUT2D eigenvalue weighted by Crippen LogP contribution is 2.14. The molecular weight excluding hydrogens is 248 g/mol. The van der Waals surface area contributed by atoms with Crippen LogP contribution in [0.1, 0.15) is 11.1 Å². The summed E-state index contributed by atoms with van der Waals surface area (Å²) in [7, 11) is 0. The molecule has 2 nitrogen and oxygen atoms in total. The van der Waals surface area contributed by atoms with Crippen LogP contribution in [0.4, 0.5) is 0 Å². The minimum atomic E-state index is 0.511. The molecule has 102 valence electrons. The highest BCUT2D eigenvalue weighted by atomic mass is 16.5. The molecule has 0 aromatic heterocycles. The lowest BCUT2D eigenvalue weighted by Gasteiger charge is -2.08. The normalized spacial score (nSPS) is 9.80. The average Bonchev–Trinajstić information content (AvgIpc) is 2.53. The predicted octanol–water partition coefficient (Wildman–Crippen LogP) is 4.43. The summed E-state index contributed by atoms with van der Waals surface area (Å²) in [6.07, 6.45) is 3.61. The molecule has 0 aliphatic heterocycles. The minimum absolute atomic E-state index is 0.511. The van der Waals surface area contributed by atoms with Crippen molar-refractivity contribution >= 4 is 12.2 Å². The molecule has 20 heavy (non-hydrogen) atoms. The van der Waals surface area contributed by atoms with Crippen molar-refractivity contribution in [3.63, 3.8) is 0 Å². The summed E-state index contributed by atoms with van der Waals surface area (Å²) in [6, 6.07) is 15.6. The third-order valence-corrected chi connectivity index (χ3v) is 2.85. The molecular formula is C18H18O2. The van der Waals surface area contributed by atoms with Gasteiger partial charge in [-0.15, -0.1) is 0 Å². The molecule has 0 unspecified atom stereocenters. The van der Waals surface area contributed by atoms with E-state index in [1.54, 1.807) is 12.2 Å². The first-order valence-electron chi connectivity index (χ1n) is 6.52. The Kier molecular flexibility index (Phi) is 5.01. The molecule has 0 bridgehead atoms. The van der Waals surface area contributed by atoms with Crippen LogP contribution in [-0.4, -0.2) is 13.2 Å². The van der Waals surface area contributed by atoms with Crippen molar-refractivity contribution < 1.29 is 9.47 Å². The summed E-state index contributed by atoms with van der Waals surface area (Å²) in [5.74, 6) is 1.67. The summed E-state index contributed by atoms with van der Waals surface area (Å²) < 4.78 is 11.2. The molecule has 2 aromatic carbocycles. The van der Waals surface area contributed by atoms with E-state index >= 15 is 0 Å². The van der Waals surface area contributed by atoms with Gasteiger partial charge in [-0.2, -0.15) is 0 Å². The van der Waals surface area contributed by atoms with Gasteiger partial charge < -0.3 is 9.47 Å². The van der Waals surface area contributed by atoms with Crippen molar-refractivity contribution in [1.29, 1.82) is 0 Å². The second-order valence-electron chi connectivity index (χ2n) is 4.24. The molecule has 0 aliphatic rings. The van der Waals surface area contributed by atoms with E-state index in [2.05, 4.69) is 13.2 Å². The number of hydrogen-bond acceptors (Lipinski definition) is 2. The molecule has 0 fully saturated rings. The van der Waals surface area contributed by atoms with E-state index in [4.69, 9.17) is 9.47 Å². The van der Waals surface area contributed by atoms with Crippen molar-refractivity contribution in [2.75, 3.05) is 13.2 Å². The predicted molar refractivity (Wildman–Crippen MR) is 84.1 cm³/mol. The molecule has 0 saturated carbocycles. The first kappa shape index (κ1) is 13.9. The second-order valence-corrected chi connectivity index (χ2v) is 4.24. The smallest absolute Gasteiger partial charge is 0.122 e. The number of ether oxygens (including phenoxy) is 2. The fourth-order valence-corrected chi connectivity index (χ4v) is 1.72. The van der Waals surface area contributed by atoms with Crippen molar-refractivity contribution in [2.24, 2.45) is 0 Å². The minimum Gasteiger partial charge on any atom is -0.490 e. The van der Waals surface area contributed by atoms with Gasteiger partial charge in [0.2, 0.25) is 0 Å². The van der Waals surface area contributed by atoms with Crippen molar-refractivity contribution in [2.45, 2.75) is 0 Å². The van der Waals surface area contributed by atoms with E-state index in [-0.39, 0.29) is 0 Å². The summed E-state index contributed by atoms with van der Waals surface area (Å²) in [5.41, 5.74) is 2.16. The van der Waals surface area contributed by atoms with Crippen LogP contribution in [0, 0.1) is 0 Å². The lowest BCUT2D eigenvalue weighted by molar-refractivity contribution is 0.217. The third-order valence-electron chi connectivity index (χ3n) is 2.85. The molecule has 2 rings (SSSR count). The van der Waals surface area contributed by atoms with Gasteiger partial charge >= 0.3 is 0 Å². The largest absolute Gasteiger partial charge is 0.490 e. The maximum absolute atomic E-state index is 5.60. The monoisotopic (exact) mass is 266 g/mol. The Morgan fingerprint density at radius 1 is 0.650 bits per heavy atom. The first-order valence-corrected chi connectivity index (χ1v) is 6.52. The van der Waals surface area contributed by atoms with Crippen LogP contribution in [0.15, 0.2) is 61.7 Å². The van der Waals surface area contributed by atoms with Crippen LogP contribution in [-0.2, 0) is 0 Å². The van der Waals surface area contributed by atoms with Crippen molar-refractivity contribution in [1.82, 2.24) is 0 Å². The van der Waals surface area contributed by atoms with E-state index in [1.165, 1.54) is 0 Å². The zero-order valence-corrected chi connectivity index (χ0v) is 11.4. The molecule has 0 heterocycles. The van der Waals surface area contributed by atoms with E-state index < -0.39 is 0 Å². The van der Waals surface area contributed by atoms with Crippen LogP contribution in [0.3, 0.4) is 0 Å². The van der Waals surface area contributed by atoms with Gasteiger partial charge in [0.05, 0.1) is 0 Å². The Hall–Kier alpha value is -2.48. The Bertz CT molecular complexity index is 499. The Morgan fingerprint density at radius 3 is 1.30 bits per heavy atom. The van der Waals surface area contributed by atoms with Crippen molar-refractivity contribution in [3.05, 3.63) is 72.8 Å². The van der Waals surface area contributed by atoms with Crippen LogP contribution < -0.4 is 9.47 Å². The molecule has 0 saturated heterocycles. The quantitative estimate of drug-likeness (QED) is 0.690. The Labute approximate surface area is 120 Å². The van der Waals surface area contributed by atoms with Gasteiger partial charge in [-0.1, -0.05) is 49.6 Å². The maximum atomic E-state index is 5.60. The third kappa shape index (κ3) is 4.02. The van der Waals surface area contributed by atoms with Gasteiger partial charge in [-0.25, -0.2) is 0 Å². The van der Waals surface area contributed by atoms with Crippen LogP contribution >= 0.6 is 0 Å².